The van der Waals surface area contributed by atoms with Crippen LogP contribution in [-0.4, -0.2) is 34.1 Å². The van der Waals surface area contributed by atoms with Gasteiger partial charge >= 0.3 is 6.55 Å². The van der Waals surface area contributed by atoms with Crippen molar-refractivity contribution in [2.45, 2.75) is 26.4 Å². The lowest BCUT2D eigenvalue weighted by Crippen LogP contribution is -2.42. The number of likely N-dealkylation sites (tertiary alicyclic amines) is 1. The first-order chi connectivity index (χ1) is 8.61. The van der Waals surface area contributed by atoms with Crippen LogP contribution in [0, 0.1) is 11.8 Å². The number of alkyl halides is 2. The molecule has 1 aromatic heterocycles. The third-order valence-electron chi connectivity index (χ3n) is 3.83. The maximum Gasteiger partial charge on any atom is 0.319 e. The van der Waals surface area contributed by atoms with Gasteiger partial charge < -0.3 is 5.73 Å². The lowest BCUT2D eigenvalue weighted by Gasteiger charge is -2.36. The molecule has 4 nitrogen and oxygen atoms in total. The van der Waals surface area contributed by atoms with E-state index in [-0.39, 0.29) is 12.4 Å². The smallest absolute Gasteiger partial charge is 0.319 e. The summed E-state index contributed by atoms with van der Waals surface area (Å²) in [5, 5.41) is 0. The Labute approximate surface area is 118 Å². The number of hydrogen-bond donors (Lipinski definition) is 1. The summed E-state index contributed by atoms with van der Waals surface area (Å²) in [6.07, 6.45) is 3.82. The van der Waals surface area contributed by atoms with Crippen LogP contribution in [0.5, 0.6) is 0 Å². The fraction of sp³-hybridized carbons (Fsp3) is 0.750. The molecule has 2 atom stereocenters. The van der Waals surface area contributed by atoms with Gasteiger partial charge in [-0.2, -0.15) is 8.78 Å². The van der Waals surface area contributed by atoms with E-state index in [2.05, 4.69) is 16.8 Å². The van der Waals surface area contributed by atoms with Crippen LogP contribution >= 0.6 is 12.4 Å². The zero-order chi connectivity index (χ0) is 13.1. The third-order valence-corrected chi connectivity index (χ3v) is 3.83. The highest BCUT2D eigenvalue weighted by molar-refractivity contribution is 5.85. The van der Waals surface area contributed by atoms with E-state index in [0.717, 1.165) is 24.1 Å². The Balaban J connectivity index is 0.00000180. The Morgan fingerprint density at radius 3 is 2.89 bits per heavy atom. The summed E-state index contributed by atoms with van der Waals surface area (Å²) in [6.45, 7) is 2.61. The van der Waals surface area contributed by atoms with E-state index in [1.54, 1.807) is 0 Å². The van der Waals surface area contributed by atoms with Crippen molar-refractivity contribution in [1.82, 2.24) is 14.5 Å². The molecule has 0 saturated carbocycles. The maximum absolute atomic E-state index is 12.7. The Hall–Kier alpha value is -0.720. The minimum absolute atomic E-state index is 0. The summed E-state index contributed by atoms with van der Waals surface area (Å²) >= 11 is 0. The molecular weight excluding hydrogens is 274 g/mol. The minimum Gasteiger partial charge on any atom is -0.330 e. The maximum atomic E-state index is 12.7. The molecule has 2 N–H and O–H groups in total. The van der Waals surface area contributed by atoms with Crippen LogP contribution in [0.25, 0.3) is 0 Å². The lowest BCUT2D eigenvalue weighted by molar-refractivity contribution is 0.0598. The molecule has 1 saturated heterocycles. The van der Waals surface area contributed by atoms with Crippen LogP contribution in [0.3, 0.4) is 0 Å². The van der Waals surface area contributed by atoms with E-state index in [1.807, 2.05) is 0 Å². The highest BCUT2D eigenvalue weighted by Crippen LogP contribution is 2.24. The van der Waals surface area contributed by atoms with Crippen molar-refractivity contribution in [3.8, 4) is 0 Å². The SMILES string of the molecule is CC1CCN(Cc2nccn2C(F)F)CC1CN.Cl. The zero-order valence-electron chi connectivity index (χ0n) is 11.0. The molecule has 0 radical (unpaired) electrons. The van der Waals surface area contributed by atoms with E-state index in [1.165, 1.54) is 12.4 Å². The van der Waals surface area contributed by atoms with Gasteiger partial charge in [0.15, 0.2) is 0 Å². The largest absolute Gasteiger partial charge is 0.330 e. The van der Waals surface area contributed by atoms with Gasteiger partial charge in [0.2, 0.25) is 0 Å². The number of nitrogens with zero attached hydrogens (tertiary/aromatic N) is 3. The molecule has 0 bridgehead atoms. The summed E-state index contributed by atoms with van der Waals surface area (Å²) < 4.78 is 26.3. The molecule has 2 unspecified atom stereocenters. The number of halogens is 3. The van der Waals surface area contributed by atoms with E-state index in [9.17, 15) is 8.78 Å². The highest BCUT2D eigenvalue weighted by atomic mass is 35.5. The van der Waals surface area contributed by atoms with Crippen LogP contribution in [0.4, 0.5) is 8.78 Å². The molecule has 0 spiro atoms. The molecular formula is C12H21ClF2N4. The number of rotatable bonds is 4. The standard InChI is InChI=1S/C12H20F2N4.ClH/c1-9-2-4-17(7-10(9)6-15)8-11-16-3-5-18(11)12(13)14;/h3,5,9-10,12H,2,4,6-8,15H2,1H3;1H. The summed E-state index contributed by atoms with van der Waals surface area (Å²) in [7, 11) is 0. The van der Waals surface area contributed by atoms with E-state index < -0.39 is 6.55 Å². The van der Waals surface area contributed by atoms with Gasteiger partial charge in [-0.3, -0.25) is 9.47 Å². The minimum atomic E-state index is -2.52. The van der Waals surface area contributed by atoms with Crippen molar-refractivity contribution in [1.29, 1.82) is 0 Å². The van der Waals surface area contributed by atoms with E-state index in [0.29, 0.717) is 30.7 Å². The van der Waals surface area contributed by atoms with Gasteiger partial charge in [0, 0.05) is 18.9 Å². The van der Waals surface area contributed by atoms with Crippen molar-refractivity contribution >= 4 is 12.4 Å². The van der Waals surface area contributed by atoms with Gasteiger partial charge in [-0.25, -0.2) is 4.98 Å². The molecule has 1 aliphatic heterocycles. The predicted molar refractivity (Wildman–Crippen MR) is 72.3 cm³/mol. The second-order valence-corrected chi connectivity index (χ2v) is 5.03. The number of imidazole rings is 1. The molecule has 7 heteroatoms. The van der Waals surface area contributed by atoms with Crippen LogP contribution < -0.4 is 5.73 Å². The summed E-state index contributed by atoms with van der Waals surface area (Å²) in [6, 6.07) is 0. The van der Waals surface area contributed by atoms with Crippen molar-refractivity contribution in [3.63, 3.8) is 0 Å². The quantitative estimate of drug-likeness (QED) is 0.925. The Morgan fingerprint density at radius 1 is 1.53 bits per heavy atom. The third kappa shape index (κ3) is 3.87. The molecule has 1 aromatic rings. The van der Waals surface area contributed by atoms with Gasteiger partial charge in [-0.1, -0.05) is 6.92 Å². The van der Waals surface area contributed by atoms with Gasteiger partial charge in [-0.15, -0.1) is 12.4 Å². The lowest BCUT2D eigenvalue weighted by atomic mass is 9.87. The summed E-state index contributed by atoms with van der Waals surface area (Å²) in [5.41, 5.74) is 5.74. The monoisotopic (exact) mass is 294 g/mol. The molecule has 1 fully saturated rings. The molecule has 2 rings (SSSR count). The van der Waals surface area contributed by atoms with Gasteiger partial charge in [0.1, 0.15) is 5.82 Å². The number of piperidine rings is 1. The van der Waals surface area contributed by atoms with Crippen molar-refractivity contribution in [3.05, 3.63) is 18.2 Å². The van der Waals surface area contributed by atoms with Crippen molar-refractivity contribution in [2.75, 3.05) is 19.6 Å². The van der Waals surface area contributed by atoms with Crippen molar-refractivity contribution in [2.24, 2.45) is 17.6 Å². The normalized spacial score (nSPS) is 24.5. The van der Waals surface area contributed by atoms with E-state index >= 15 is 0 Å². The number of hydrogen-bond acceptors (Lipinski definition) is 3. The first kappa shape index (κ1) is 16.3. The van der Waals surface area contributed by atoms with Crippen LogP contribution in [0.15, 0.2) is 12.4 Å². The highest BCUT2D eigenvalue weighted by Gasteiger charge is 2.26. The number of nitrogens with two attached hydrogens (primary N) is 1. The van der Waals surface area contributed by atoms with Gasteiger partial charge in [0.25, 0.3) is 0 Å². The first-order valence-electron chi connectivity index (χ1n) is 6.34. The Morgan fingerprint density at radius 2 is 2.26 bits per heavy atom. The molecule has 2 heterocycles. The fourth-order valence-electron chi connectivity index (χ4n) is 2.52. The van der Waals surface area contributed by atoms with E-state index in [4.69, 9.17) is 5.73 Å². The average molecular weight is 295 g/mol. The molecule has 0 aliphatic carbocycles. The second-order valence-electron chi connectivity index (χ2n) is 5.03. The van der Waals surface area contributed by atoms with Gasteiger partial charge in [0.05, 0.1) is 6.54 Å². The Bertz CT molecular complexity index is 386. The van der Waals surface area contributed by atoms with Crippen molar-refractivity contribution < 1.29 is 8.78 Å². The van der Waals surface area contributed by atoms with Crippen LogP contribution in [0.1, 0.15) is 25.7 Å². The predicted octanol–water partition coefficient (Wildman–Crippen LogP) is 2.12. The number of aromatic nitrogens is 2. The van der Waals surface area contributed by atoms with Crippen LogP contribution in [-0.2, 0) is 6.54 Å². The Kier molecular flexibility index (Phi) is 6.16. The summed E-state index contributed by atoms with van der Waals surface area (Å²) in [4.78, 5) is 6.18. The molecule has 1 aliphatic rings. The second kappa shape index (κ2) is 7.17. The average Bonchev–Trinajstić information content (AvgIpc) is 2.80. The fourth-order valence-corrected chi connectivity index (χ4v) is 2.52. The molecule has 110 valence electrons. The summed E-state index contributed by atoms with van der Waals surface area (Å²) in [5.74, 6) is 1.49. The first-order valence-corrected chi connectivity index (χ1v) is 6.34. The van der Waals surface area contributed by atoms with Crippen LogP contribution in [0.2, 0.25) is 0 Å². The molecule has 0 amide bonds. The molecule has 19 heavy (non-hydrogen) atoms. The van der Waals surface area contributed by atoms with Gasteiger partial charge in [-0.05, 0) is 31.3 Å². The molecule has 0 aromatic carbocycles. The zero-order valence-corrected chi connectivity index (χ0v) is 11.8. The topological polar surface area (TPSA) is 47.1 Å².